The summed E-state index contributed by atoms with van der Waals surface area (Å²) in [7, 11) is 2.66. The molecule has 0 fully saturated rings. The quantitative estimate of drug-likeness (QED) is 0.404. The molecule has 0 aliphatic rings. The normalized spacial score (nSPS) is 12.3. The minimum Gasteiger partial charge on any atom is -0.469 e. The molecule has 0 amide bonds. The Hall–Kier alpha value is -3.73. The topological polar surface area (TPSA) is 65.0 Å². The van der Waals surface area contributed by atoms with Crippen molar-refractivity contribution in [1.82, 2.24) is 0 Å². The summed E-state index contributed by atoms with van der Waals surface area (Å²) in [5.74, 6) is -1.47. The van der Waals surface area contributed by atoms with Gasteiger partial charge in [0.25, 0.3) is 0 Å². The Morgan fingerprint density at radius 2 is 1.23 bits per heavy atom. The highest BCUT2D eigenvalue weighted by Crippen LogP contribution is 2.28. The van der Waals surface area contributed by atoms with Gasteiger partial charge in [-0.25, -0.2) is 4.79 Å². The Bertz CT molecular complexity index is 976. The van der Waals surface area contributed by atoms with Gasteiger partial charge in [0.1, 0.15) is 0 Å². The zero-order chi connectivity index (χ0) is 22.1. The Kier molecular flexibility index (Phi) is 7.71. The lowest BCUT2D eigenvalue weighted by atomic mass is 9.88. The smallest absolute Gasteiger partial charge is 0.331 e. The summed E-state index contributed by atoms with van der Waals surface area (Å²) < 4.78 is 10.0. The fourth-order valence-electron chi connectivity index (χ4n) is 3.45. The molecular formula is C26H25NO4. The van der Waals surface area contributed by atoms with Crippen LogP contribution in [-0.2, 0) is 19.1 Å². The number of esters is 2. The highest BCUT2D eigenvalue weighted by Gasteiger charge is 2.33. The van der Waals surface area contributed by atoms with Gasteiger partial charge in [-0.1, -0.05) is 91.0 Å². The fraction of sp³-hybridized carbons (Fsp3) is 0.192. The first-order valence-electron chi connectivity index (χ1n) is 10.0. The number of carbonyl (C=O) groups is 2. The standard InChI is InChI=1S/C26H25NO4/c1-30-23(28)18-22(19-12-6-3-7-13-19)25(26(29)31-2)27-24(20-14-8-4-9-15-20)21-16-10-5-11-17-21/h3-17,22,25H,18H2,1-2H3. The average molecular weight is 415 g/mol. The average Bonchev–Trinajstić information content (AvgIpc) is 2.84. The maximum Gasteiger partial charge on any atom is 0.331 e. The van der Waals surface area contributed by atoms with Gasteiger partial charge in [0.05, 0.1) is 26.4 Å². The van der Waals surface area contributed by atoms with Gasteiger partial charge in [-0.2, -0.15) is 0 Å². The van der Waals surface area contributed by atoms with Crippen molar-refractivity contribution in [1.29, 1.82) is 0 Å². The molecule has 5 nitrogen and oxygen atoms in total. The maximum absolute atomic E-state index is 12.9. The molecule has 158 valence electrons. The molecule has 0 aliphatic heterocycles. The molecule has 0 spiro atoms. The van der Waals surface area contributed by atoms with Crippen molar-refractivity contribution in [2.75, 3.05) is 14.2 Å². The van der Waals surface area contributed by atoms with E-state index in [-0.39, 0.29) is 6.42 Å². The van der Waals surface area contributed by atoms with E-state index >= 15 is 0 Å². The molecule has 3 aromatic rings. The minimum atomic E-state index is -0.929. The van der Waals surface area contributed by atoms with Crippen LogP contribution in [0.3, 0.4) is 0 Å². The second-order valence-corrected chi connectivity index (χ2v) is 6.98. The summed E-state index contributed by atoms with van der Waals surface area (Å²) in [6.07, 6.45) is 0.000634. The number of ether oxygens (including phenoxy) is 2. The molecule has 3 aromatic carbocycles. The van der Waals surface area contributed by atoms with Gasteiger partial charge in [0.15, 0.2) is 6.04 Å². The summed E-state index contributed by atoms with van der Waals surface area (Å²) in [5, 5.41) is 0. The molecule has 0 bridgehead atoms. The molecule has 0 N–H and O–H groups in total. The molecule has 3 rings (SSSR count). The Morgan fingerprint density at radius 3 is 1.68 bits per heavy atom. The van der Waals surface area contributed by atoms with Gasteiger partial charge >= 0.3 is 11.9 Å². The van der Waals surface area contributed by atoms with Crippen molar-refractivity contribution in [3.8, 4) is 0 Å². The molecule has 0 aromatic heterocycles. The largest absolute Gasteiger partial charge is 0.469 e. The Balaban J connectivity index is 2.17. The molecule has 2 unspecified atom stereocenters. The first kappa shape index (κ1) is 22.0. The number of carbonyl (C=O) groups excluding carboxylic acids is 2. The van der Waals surface area contributed by atoms with Crippen molar-refractivity contribution in [2.24, 2.45) is 4.99 Å². The van der Waals surface area contributed by atoms with Crippen molar-refractivity contribution in [2.45, 2.75) is 18.4 Å². The van der Waals surface area contributed by atoms with E-state index in [0.717, 1.165) is 16.7 Å². The Labute approximate surface area is 182 Å². The van der Waals surface area contributed by atoms with Gasteiger partial charge < -0.3 is 9.47 Å². The van der Waals surface area contributed by atoms with Crippen molar-refractivity contribution in [3.63, 3.8) is 0 Å². The SMILES string of the molecule is COC(=O)CC(c1ccccc1)C(N=C(c1ccccc1)c1ccccc1)C(=O)OC. The van der Waals surface area contributed by atoms with Crippen LogP contribution in [0.5, 0.6) is 0 Å². The second-order valence-electron chi connectivity index (χ2n) is 6.98. The lowest BCUT2D eigenvalue weighted by Crippen LogP contribution is -2.31. The summed E-state index contributed by atoms with van der Waals surface area (Å²) in [6.45, 7) is 0. The van der Waals surface area contributed by atoms with Crippen LogP contribution in [0.2, 0.25) is 0 Å². The highest BCUT2D eigenvalue weighted by molar-refractivity contribution is 6.13. The predicted octanol–water partition coefficient (Wildman–Crippen LogP) is 4.41. The van der Waals surface area contributed by atoms with E-state index in [9.17, 15) is 9.59 Å². The van der Waals surface area contributed by atoms with Crippen LogP contribution in [0.15, 0.2) is 96.0 Å². The van der Waals surface area contributed by atoms with E-state index in [1.54, 1.807) is 0 Å². The fourth-order valence-corrected chi connectivity index (χ4v) is 3.45. The molecule has 2 atom stereocenters. The second kappa shape index (κ2) is 10.9. The van der Waals surface area contributed by atoms with Crippen LogP contribution in [0.25, 0.3) is 0 Å². The lowest BCUT2D eigenvalue weighted by Gasteiger charge is -2.23. The molecule has 0 heterocycles. The summed E-state index contributed by atoms with van der Waals surface area (Å²) >= 11 is 0. The van der Waals surface area contributed by atoms with E-state index in [1.165, 1.54) is 14.2 Å². The van der Waals surface area contributed by atoms with Gasteiger partial charge in [-0.15, -0.1) is 0 Å². The minimum absolute atomic E-state index is 0.000634. The van der Waals surface area contributed by atoms with E-state index in [0.29, 0.717) is 5.71 Å². The first-order chi connectivity index (χ1) is 15.1. The monoisotopic (exact) mass is 415 g/mol. The maximum atomic E-state index is 12.9. The zero-order valence-corrected chi connectivity index (χ0v) is 17.6. The Morgan fingerprint density at radius 1 is 0.742 bits per heavy atom. The number of nitrogens with zero attached hydrogens (tertiary/aromatic N) is 1. The summed E-state index contributed by atoms with van der Waals surface area (Å²) in [5.41, 5.74) is 3.20. The van der Waals surface area contributed by atoms with Crippen LogP contribution in [0, 0.1) is 0 Å². The third-order valence-electron chi connectivity index (χ3n) is 5.03. The molecular weight excluding hydrogens is 390 g/mol. The van der Waals surface area contributed by atoms with Crippen LogP contribution in [0.4, 0.5) is 0 Å². The van der Waals surface area contributed by atoms with Crippen LogP contribution in [-0.4, -0.2) is 37.9 Å². The van der Waals surface area contributed by atoms with Crippen LogP contribution >= 0.6 is 0 Å². The van der Waals surface area contributed by atoms with Crippen molar-refractivity contribution < 1.29 is 19.1 Å². The number of hydrogen-bond donors (Lipinski definition) is 0. The molecule has 5 heteroatoms. The number of methoxy groups -OCH3 is 2. The number of rotatable bonds is 8. The molecule has 0 saturated heterocycles. The molecule has 0 saturated carbocycles. The summed E-state index contributed by atoms with van der Waals surface area (Å²) in [4.78, 5) is 30.0. The first-order valence-corrected chi connectivity index (χ1v) is 10.0. The van der Waals surface area contributed by atoms with Gasteiger partial charge in [-0.05, 0) is 5.56 Å². The molecule has 0 radical (unpaired) electrons. The third-order valence-corrected chi connectivity index (χ3v) is 5.03. The van der Waals surface area contributed by atoms with Crippen molar-refractivity contribution in [3.05, 3.63) is 108 Å². The van der Waals surface area contributed by atoms with Gasteiger partial charge in [0.2, 0.25) is 0 Å². The van der Waals surface area contributed by atoms with Gasteiger partial charge in [-0.3, -0.25) is 9.79 Å². The van der Waals surface area contributed by atoms with E-state index in [2.05, 4.69) is 0 Å². The highest BCUT2D eigenvalue weighted by atomic mass is 16.5. The van der Waals surface area contributed by atoms with Crippen LogP contribution in [0.1, 0.15) is 29.0 Å². The van der Waals surface area contributed by atoms with Crippen LogP contribution < -0.4 is 0 Å². The van der Waals surface area contributed by atoms with E-state index < -0.39 is 23.9 Å². The third kappa shape index (κ3) is 5.66. The predicted molar refractivity (Wildman–Crippen MR) is 120 cm³/mol. The van der Waals surface area contributed by atoms with Gasteiger partial charge in [0, 0.05) is 17.0 Å². The summed E-state index contributed by atoms with van der Waals surface area (Å²) in [6, 6.07) is 27.7. The number of benzene rings is 3. The van der Waals surface area contributed by atoms with E-state index in [4.69, 9.17) is 14.5 Å². The van der Waals surface area contributed by atoms with Crippen molar-refractivity contribution >= 4 is 17.7 Å². The molecule has 31 heavy (non-hydrogen) atoms. The van der Waals surface area contributed by atoms with E-state index in [1.807, 2.05) is 91.0 Å². The lowest BCUT2D eigenvalue weighted by molar-refractivity contribution is -0.144. The molecule has 0 aliphatic carbocycles. The number of aliphatic imine (C=N–C) groups is 1. The zero-order valence-electron chi connectivity index (χ0n) is 17.6. The number of hydrogen-bond acceptors (Lipinski definition) is 5.